The summed E-state index contributed by atoms with van der Waals surface area (Å²) in [6.07, 6.45) is 0. The van der Waals surface area contributed by atoms with Gasteiger partial charge in [0.2, 0.25) is 0 Å². The van der Waals surface area contributed by atoms with Crippen LogP contribution < -0.4 is 9.47 Å². The first-order valence-electron chi connectivity index (χ1n) is 10.3. The minimum Gasteiger partial charge on any atom is -0.454 e. The van der Waals surface area contributed by atoms with Crippen LogP contribution in [0.2, 0.25) is 0 Å². The molecule has 0 unspecified atom stereocenters. The Labute approximate surface area is 185 Å². The predicted molar refractivity (Wildman–Crippen MR) is 130 cm³/mol. The molecule has 0 saturated heterocycles. The van der Waals surface area contributed by atoms with Crippen molar-refractivity contribution >= 4 is 53.6 Å². The van der Waals surface area contributed by atoms with Crippen molar-refractivity contribution in [2.24, 2.45) is 0 Å². The van der Waals surface area contributed by atoms with Crippen LogP contribution in [-0.2, 0) is 0 Å². The maximum atomic E-state index is 6.54. The summed E-state index contributed by atoms with van der Waals surface area (Å²) in [6, 6.07) is 23.8. The molecule has 4 aromatic carbocycles. The van der Waals surface area contributed by atoms with E-state index in [4.69, 9.17) is 9.47 Å². The Bertz CT molecular complexity index is 1750. The quantitative estimate of drug-likeness (QED) is 0.237. The Morgan fingerprint density at radius 1 is 0.677 bits per heavy atom. The lowest BCUT2D eigenvalue weighted by molar-refractivity contribution is 0.490. The standard InChI is InChI=1S/C27H14O2S2/c1-13-6-7-15-21(12-13)30-26-17-9-11-19-23-16(8-10-18(24(17)23)28-25(15)26)22-14-4-2-3-5-20(14)31-27(22)29-19/h2-12H,1H3. The van der Waals surface area contributed by atoms with Crippen molar-refractivity contribution in [3.05, 3.63) is 72.3 Å². The Morgan fingerprint density at radius 3 is 2.42 bits per heavy atom. The van der Waals surface area contributed by atoms with E-state index in [1.54, 1.807) is 11.3 Å². The molecular weight excluding hydrogens is 420 g/mol. The van der Waals surface area contributed by atoms with Gasteiger partial charge < -0.3 is 9.47 Å². The SMILES string of the molecule is Cc1ccc2c3c(sc2c1)-c1ccc2c4c(ccc(c14)O3)-c1c(sc3ccccc13)O2. The Balaban J connectivity index is 1.50. The molecule has 0 saturated carbocycles. The number of aryl methyl sites for hydroxylation is 1. The monoisotopic (exact) mass is 434 g/mol. The number of rotatable bonds is 0. The van der Waals surface area contributed by atoms with Gasteiger partial charge in [-0.3, -0.25) is 0 Å². The highest BCUT2D eigenvalue weighted by Gasteiger charge is 2.31. The molecule has 0 amide bonds. The van der Waals surface area contributed by atoms with Crippen LogP contribution >= 0.6 is 22.7 Å². The van der Waals surface area contributed by atoms with Gasteiger partial charge in [0, 0.05) is 42.1 Å². The van der Waals surface area contributed by atoms with Gasteiger partial charge in [0.05, 0.1) is 4.88 Å². The smallest absolute Gasteiger partial charge is 0.190 e. The number of hydrogen-bond donors (Lipinski definition) is 0. The molecular formula is C27H14O2S2. The highest BCUT2D eigenvalue weighted by Crippen LogP contribution is 2.60. The summed E-state index contributed by atoms with van der Waals surface area (Å²) in [4.78, 5) is 1.21. The third kappa shape index (κ3) is 1.97. The lowest BCUT2D eigenvalue weighted by Crippen LogP contribution is -2.00. The van der Waals surface area contributed by atoms with E-state index in [9.17, 15) is 0 Å². The van der Waals surface area contributed by atoms with Gasteiger partial charge in [-0.15, -0.1) is 11.3 Å². The van der Waals surface area contributed by atoms with Crippen LogP contribution in [0.15, 0.2) is 66.7 Å². The van der Waals surface area contributed by atoms with E-state index < -0.39 is 0 Å². The molecule has 0 bridgehead atoms. The van der Waals surface area contributed by atoms with Crippen LogP contribution in [0.1, 0.15) is 5.56 Å². The Morgan fingerprint density at radius 2 is 1.48 bits per heavy atom. The summed E-state index contributed by atoms with van der Waals surface area (Å²) < 4.78 is 15.5. The van der Waals surface area contributed by atoms with Gasteiger partial charge in [-0.05, 0) is 60.5 Å². The molecule has 0 spiro atoms. The minimum atomic E-state index is 0.912. The third-order valence-corrected chi connectivity index (χ3v) is 8.59. The third-order valence-electron chi connectivity index (χ3n) is 6.38. The minimum absolute atomic E-state index is 0.912. The number of fused-ring (bicyclic) bond motifs is 8. The van der Waals surface area contributed by atoms with Crippen LogP contribution in [-0.4, -0.2) is 0 Å². The summed E-state index contributed by atoms with van der Waals surface area (Å²) >= 11 is 3.53. The summed E-state index contributed by atoms with van der Waals surface area (Å²) in [5, 5.41) is 5.74. The van der Waals surface area contributed by atoms with Gasteiger partial charge in [-0.25, -0.2) is 0 Å². The molecule has 0 N–H and O–H groups in total. The molecule has 4 heterocycles. The lowest BCUT2D eigenvalue weighted by atomic mass is 9.91. The predicted octanol–water partition coefficient (Wildman–Crippen LogP) is 9.12. The number of benzene rings is 4. The largest absolute Gasteiger partial charge is 0.454 e. The average molecular weight is 435 g/mol. The second kappa shape index (κ2) is 5.47. The van der Waals surface area contributed by atoms with Crippen molar-refractivity contribution < 1.29 is 9.47 Å². The van der Waals surface area contributed by atoms with Crippen molar-refractivity contribution in [3.63, 3.8) is 0 Å². The molecule has 6 aromatic rings. The first kappa shape index (κ1) is 16.4. The normalized spacial score (nSPS) is 13.2. The zero-order valence-corrected chi connectivity index (χ0v) is 18.1. The van der Waals surface area contributed by atoms with Gasteiger partial charge in [-0.2, -0.15) is 0 Å². The second-order valence-corrected chi connectivity index (χ2v) is 10.3. The van der Waals surface area contributed by atoms with E-state index in [0.717, 1.165) is 33.1 Å². The molecule has 146 valence electrons. The van der Waals surface area contributed by atoms with E-state index in [-0.39, 0.29) is 0 Å². The highest BCUT2D eigenvalue weighted by molar-refractivity contribution is 7.23. The molecule has 2 nitrogen and oxygen atoms in total. The van der Waals surface area contributed by atoms with Gasteiger partial charge in [0.15, 0.2) is 10.8 Å². The zero-order valence-electron chi connectivity index (χ0n) is 16.5. The van der Waals surface area contributed by atoms with Gasteiger partial charge in [0.25, 0.3) is 0 Å². The molecule has 31 heavy (non-hydrogen) atoms. The maximum Gasteiger partial charge on any atom is 0.190 e. The number of thiophene rings is 2. The van der Waals surface area contributed by atoms with Crippen molar-refractivity contribution in [3.8, 4) is 43.9 Å². The van der Waals surface area contributed by atoms with Crippen molar-refractivity contribution in [1.82, 2.24) is 0 Å². The Hall–Kier alpha value is -3.34. The van der Waals surface area contributed by atoms with Crippen LogP contribution in [0.4, 0.5) is 0 Å². The van der Waals surface area contributed by atoms with Crippen molar-refractivity contribution in [1.29, 1.82) is 0 Å². The fourth-order valence-electron chi connectivity index (χ4n) is 5.02. The zero-order chi connectivity index (χ0) is 20.3. The summed E-state index contributed by atoms with van der Waals surface area (Å²) in [5.41, 5.74) is 4.95. The first-order valence-corrected chi connectivity index (χ1v) is 11.9. The lowest BCUT2D eigenvalue weighted by Gasteiger charge is -2.24. The molecule has 2 aliphatic rings. The van der Waals surface area contributed by atoms with E-state index in [1.807, 2.05) is 11.3 Å². The summed E-state index contributed by atoms with van der Waals surface area (Å²) in [7, 11) is 0. The van der Waals surface area contributed by atoms with E-state index in [0.29, 0.717) is 0 Å². The average Bonchev–Trinajstić information content (AvgIpc) is 3.34. The van der Waals surface area contributed by atoms with Gasteiger partial charge in [0.1, 0.15) is 11.5 Å². The molecule has 4 heteroatoms. The van der Waals surface area contributed by atoms with Gasteiger partial charge in [-0.1, -0.05) is 35.6 Å². The molecule has 0 aliphatic carbocycles. The van der Waals surface area contributed by atoms with Crippen LogP contribution in [0.25, 0.3) is 52.5 Å². The Kier molecular flexibility index (Phi) is 2.89. The fraction of sp³-hybridized carbons (Fsp3) is 0.0370. The maximum absolute atomic E-state index is 6.54. The first-order chi connectivity index (χ1) is 15.3. The second-order valence-electron chi connectivity index (χ2n) is 8.20. The van der Waals surface area contributed by atoms with Crippen LogP contribution in [0, 0.1) is 6.92 Å². The molecule has 2 aromatic heterocycles. The fourth-order valence-corrected chi connectivity index (χ4v) is 7.36. The summed E-state index contributed by atoms with van der Waals surface area (Å²) in [5.74, 6) is 2.81. The van der Waals surface area contributed by atoms with Gasteiger partial charge >= 0.3 is 0 Å². The molecule has 2 aliphatic heterocycles. The van der Waals surface area contributed by atoms with Crippen molar-refractivity contribution in [2.75, 3.05) is 0 Å². The highest BCUT2D eigenvalue weighted by atomic mass is 32.1. The van der Waals surface area contributed by atoms with Crippen LogP contribution in [0.5, 0.6) is 22.3 Å². The molecule has 8 rings (SSSR count). The molecule has 0 fully saturated rings. The number of hydrogen-bond acceptors (Lipinski definition) is 4. The number of ether oxygens (including phenoxy) is 2. The topological polar surface area (TPSA) is 18.5 Å². The van der Waals surface area contributed by atoms with Crippen molar-refractivity contribution in [2.45, 2.75) is 6.92 Å². The summed E-state index contributed by atoms with van der Waals surface area (Å²) in [6.45, 7) is 2.14. The van der Waals surface area contributed by atoms with E-state index >= 15 is 0 Å². The van der Waals surface area contributed by atoms with Crippen LogP contribution in [0.3, 0.4) is 0 Å². The molecule has 0 radical (unpaired) electrons. The van der Waals surface area contributed by atoms with E-state index in [2.05, 4.69) is 73.7 Å². The van der Waals surface area contributed by atoms with E-state index in [1.165, 1.54) is 47.3 Å². The molecule has 0 atom stereocenters.